The van der Waals surface area contributed by atoms with Gasteiger partial charge in [0.25, 0.3) is 0 Å². The zero-order valence-electron chi connectivity index (χ0n) is 23.4. The van der Waals surface area contributed by atoms with Crippen molar-refractivity contribution in [2.24, 2.45) is 23.7 Å². The van der Waals surface area contributed by atoms with Gasteiger partial charge < -0.3 is 0 Å². The van der Waals surface area contributed by atoms with Gasteiger partial charge in [0.1, 0.15) is 0 Å². The molecule has 1 saturated heterocycles. The van der Waals surface area contributed by atoms with Crippen LogP contribution in [0.5, 0.6) is 0 Å². The molecule has 33 heavy (non-hydrogen) atoms. The molecule has 0 aromatic heterocycles. The van der Waals surface area contributed by atoms with Crippen molar-refractivity contribution >= 4 is 16.1 Å². The second kappa shape index (κ2) is 9.85. The third-order valence-corrected chi connectivity index (χ3v) is 20.8. The van der Waals surface area contributed by atoms with Crippen LogP contribution in [0.1, 0.15) is 46.5 Å². The number of nitrogens with one attached hydrogen (secondary N) is 1. The van der Waals surface area contributed by atoms with E-state index in [9.17, 15) is 0 Å². The van der Waals surface area contributed by atoms with Crippen LogP contribution in [-0.4, -0.2) is 21.7 Å². The van der Waals surface area contributed by atoms with Crippen LogP contribution in [-0.2, 0) is 16.8 Å². The molecule has 5 atom stereocenters. The fourth-order valence-electron chi connectivity index (χ4n) is 6.93. The Kier molecular flexibility index (Phi) is 8.25. The predicted molar refractivity (Wildman–Crippen MR) is 152 cm³/mol. The van der Waals surface area contributed by atoms with E-state index in [1.165, 1.54) is 36.1 Å². The van der Waals surface area contributed by atoms with Crippen LogP contribution in [0.3, 0.4) is 0 Å². The Morgan fingerprint density at radius 1 is 0.788 bits per heavy atom. The van der Waals surface area contributed by atoms with E-state index in [-0.39, 0.29) is 0 Å². The van der Waals surface area contributed by atoms with E-state index in [0.29, 0.717) is 5.54 Å². The van der Waals surface area contributed by atoms with E-state index < -0.39 is 33.0 Å². The van der Waals surface area contributed by atoms with Crippen LogP contribution < -0.4 is 3.80 Å². The van der Waals surface area contributed by atoms with Crippen LogP contribution in [0.25, 0.3) is 0 Å². The molecule has 1 aliphatic heterocycles. The molecule has 5 unspecified atom stereocenters. The fraction of sp³-hybridized carbons (Fsp3) is 0.724. The van der Waals surface area contributed by atoms with E-state index in [4.69, 9.17) is 0 Å². The maximum absolute atomic E-state index is 4.24. The predicted octanol–water partition coefficient (Wildman–Crippen LogP) is 9.11. The summed E-state index contributed by atoms with van der Waals surface area (Å²) >= 11 is -1.79. The average molecular weight is 520 g/mol. The first kappa shape index (κ1) is 27.7. The summed E-state index contributed by atoms with van der Waals surface area (Å²) in [5.41, 5.74) is 0.326. The molecule has 0 amide bonds. The van der Waals surface area contributed by atoms with Crippen molar-refractivity contribution in [1.29, 1.82) is 0 Å². The van der Waals surface area contributed by atoms with Gasteiger partial charge in [-0.1, -0.05) is 62.8 Å². The van der Waals surface area contributed by atoms with E-state index >= 15 is 0 Å². The number of rotatable bonds is 5. The van der Waals surface area contributed by atoms with Gasteiger partial charge in [-0.3, -0.25) is 0 Å². The number of fused-ring (bicyclic) bond motifs is 3. The van der Waals surface area contributed by atoms with Crippen molar-refractivity contribution in [3.8, 4) is 0 Å². The van der Waals surface area contributed by atoms with Crippen LogP contribution in [0, 0.1) is 23.7 Å². The fourth-order valence-corrected chi connectivity index (χ4v) is 20.8. The standard InChI is InChI=1S/C13H17.C10H22Si2.C4H10N.C2H4.Ti/c1-3-7-12-10(5-1)9-11-6-2-4-8-13(11)12;1-9(11(3,4)5)10(2)12(6,7)8;1-4(2,3)5;1-2;/h1,3,5,7,9-13H,2,4,6,8H2;1-2H2,3-8H3;5H,1-3H3;1-2H2;/q;;-1;;+1. The van der Waals surface area contributed by atoms with Gasteiger partial charge in [-0.2, -0.15) is 0 Å². The molecule has 3 aliphatic carbocycles. The van der Waals surface area contributed by atoms with Gasteiger partial charge in [0.15, 0.2) is 0 Å². The summed E-state index contributed by atoms with van der Waals surface area (Å²) < 4.78 is 8.49. The zero-order chi connectivity index (χ0) is 24.8. The third-order valence-electron chi connectivity index (χ3n) is 8.69. The summed E-state index contributed by atoms with van der Waals surface area (Å²) in [6.45, 7) is 29.5. The summed E-state index contributed by atoms with van der Waals surface area (Å²) in [4.78, 5) is 0. The molecule has 1 N–H and O–H groups in total. The van der Waals surface area contributed by atoms with Crippen LogP contribution >= 0.6 is 0 Å². The van der Waals surface area contributed by atoms with E-state index in [0.717, 1.165) is 27.9 Å². The first-order valence-electron chi connectivity index (χ1n) is 13.6. The van der Waals surface area contributed by atoms with Crippen LogP contribution in [0.4, 0.5) is 0 Å². The minimum atomic E-state index is -1.79. The monoisotopic (exact) mass is 519 g/mol. The van der Waals surface area contributed by atoms with Gasteiger partial charge in [-0.05, 0) is 0 Å². The topological polar surface area (TPSA) is 12.0 Å². The minimum absolute atomic E-state index is 0.326. The summed E-state index contributed by atoms with van der Waals surface area (Å²) in [5, 5.41) is 2.73. The van der Waals surface area contributed by atoms with E-state index in [1.54, 1.807) is 9.45 Å². The normalized spacial score (nSPS) is 32.3. The Balaban J connectivity index is 0.000000221. The zero-order valence-corrected chi connectivity index (χ0v) is 26.9. The molecule has 0 aromatic carbocycles. The molecule has 0 spiro atoms. The molecule has 4 rings (SSSR count). The molecule has 3 fully saturated rings. The average Bonchev–Trinajstić information content (AvgIpc) is 3.36. The van der Waals surface area contributed by atoms with Crippen molar-refractivity contribution in [3.05, 3.63) is 47.9 Å². The Morgan fingerprint density at radius 2 is 1.24 bits per heavy atom. The number of hydrogen-bond donors (Lipinski definition) is 1. The molecule has 2 saturated carbocycles. The summed E-state index contributed by atoms with van der Waals surface area (Å²) in [6.07, 6.45) is 15.9. The summed E-state index contributed by atoms with van der Waals surface area (Å²) in [6, 6.07) is 0. The maximum atomic E-state index is 4.24. The first-order chi connectivity index (χ1) is 15.1. The number of hydrogen-bond acceptors (Lipinski definition) is 1. The van der Waals surface area contributed by atoms with Gasteiger partial charge in [-0.15, -0.1) is 0 Å². The Morgan fingerprint density at radius 3 is 1.67 bits per heavy atom. The molecular weight excluding hydrogens is 466 g/mol. The number of allylic oxidation sites excluding steroid dienone is 6. The van der Waals surface area contributed by atoms with E-state index in [2.05, 4.69) is 101 Å². The van der Waals surface area contributed by atoms with Crippen molar-refractivity contribution < 1.29 is 16.8 Å². The second-order valence-corrected chi connectivity index (χ2v) is 31.4. The molecule has 4 heteroatoms. The first-order valence-corrected chi connectivity index (χ1v) is 24.5. The Hall–Kier alpha value is 0.0681. The third kappa shape index (κ3) is 6.45. The van der Waals surface area contributed by atoms with Crippen molar-refractivity contribution in [2.75, 3.05) is 0 Å². The van der Waals surface area contributed by atoms with Crippen LogP contribution in [0.15, 0.2) is 47.9 Å². The Labute approximate surface area is 212 Å². The van der Waals surface area contributed by atoms with Crippen molar-refractivity contribution in [1.82, 2.24) is 3.80 Å². The summed E-state index contributed by atoms with van der Waals surface area (Å²) in [7, 11) is -2.39. The van der Waals surface area contributed by atoms with Gasteiger partial charge in [0.05, 0.1) is 16.1 Å². The molecule has 4 aliphatic rings. The molecular formula is C29H53NSi2Ti. The molecule has 0 bridgehead atoms. The molecule has 1 nitrogen and oxygen atoms in total. The quantitative estimate of drug-likeness (QED) is 0.282. The Bertz CT molecular complexity index is 777. The van der Waals surface area contributed by atoms with Gasteiger partial charge in [0, 0.05) is 0 Å². The SMILES string of the molecule is C=C(C(=C)[Si](C)(C)C)[Si](C)(C)C.CC(C)(C)[NH][Ti]1([CH]2C3C=CC=CC3C3CCCCC32)[CH2][CH2]1. The molecule has 0 aromatic rings. The van der Waals surface area contributed by atoms with Crippen molar-refractivity contribution in [2.45, 2.75) is 105 Å². The van der Waals surface area contributed by atoms with E-state index in [1.807, 2.05) is 0 Å². The van der Waals surface area contributed by atoms with Gasteiger partial charge in [0.2, 0.25) is 0 Å². The second-order valence-electron chi connectivity index (χ2n) is 14.6. The molecule has 0 radical (unpaired) electrons. The van der Waals surface area contributed by atoms with Gasteiger partial charge in [-0.25, -0.2) is 0 Å². The van der Waals surface area contributed by atoms with Crippen molar-refractivity contribution in [3.63, 3.8) is 0 Å². The van der Waals surface area contributed by atoms with Gasteiger partial charge >= 0.3 is 134 Å². The van der Waals surface area contributed by atoms with Crippen LogP contribution in [0.2, 0.25) is 53.0 Å². The molecule has 1 heterocycles. The summed E-state index contributed by atoms with van der Waals surface area (Å²) in [5.74, 6) is 3.84. The molecule has 186 valence electrons.